The Morgan fingerprint density at radius 2 is 2.15 bits per heavy atom. The van der Waals surface area contributed by atoms with Crippen molar-refractivity contribution in [2.24, 2.45) is 0 Å². The van der Waals surface area contributed by atoms with Gasteiger partial charge in [0.2, 0.25) is 0 Å². The lowest BCUT2D eigenvalue weighted by Crippen LogP contribution is -2.43. The summed E-state index contributed by atoms with van der Waals surface area (Å²) in [6, 6.07) is 2.62. The first-order valence-corrected chi connectivity index (χ1v) is 8.60. The highest BCUT2D eigenvalue weighted by Gasteiger charge is 2.36. The summed E-state index contributed by atoms with van der Waals surface area (Å²) in [6.45, 7) is 0.846. The fraction of sp³-hybridized carbons (Fsp3) is 0.412. The fourth-order valence-electron chi connectivity index (χ4n) is 3.33. The molecule has 0 spiro atoms. The van der Waals surface area contributed by atoms with Crippen LogP contribution in [-0.2, 0) is 6.18 Å². The van der Waals surface area contributed by atoms with Crippen LogP contribution in [0.3, 0.4) is 0 Å². The molecule has 0 bridgehead atoms. The number of nitrogens with zero attached hydrogens (tertiary/aromatic N) is 5. The third-order valence-electron chi connectivity index (χ3n) is 4.59. The Labute approximate surface area is 152 Å². The highest BCUT2D eigenvalue weighted by Crippen LogP contribution is 2.35. The van der Waals surface area contributed by atoms with E-state index in [0.717, 1.165) is 37.4 Å². The van der Waals surface area contributed by atoms with E-state index in [4.69, 9.17) is 4.74 Å². The molecule has 1 atom stereocenters. The summed E-state index contributed by atoms with van der Waals surface area (Å²) in [4.78, 5) is 13.6. The van der Waals surface area contributed by atoms with Crippen molar-refractivity contribution in [2.45, 2.75) is 31.5 Å². The highest BCUT2D eigenvalue weighted by atomic mass is 19.4. The molecule has 27 heavy (non-hydrogen) atoms. The normalized spacial score (nSPS) is 18.0. The van der Waals surface area contributed by atoms with Gasteiger partial charge in [-0.2, -0.15) is 18.3 Å². The molecule has 1 unspecified atom stereocenters. The van der Waals surface area contributed by atoms with E-state index in [2.05, 4.69) is 30.0 Å². The first-order valence-electron chi connectivity index (χ1n) is 8.60. The van der Waals surface area contributed by atoms with Gasteiger partial charge in [-0.3, -0.25) is 5.10 Å². The summed E-state index contributed by atoms with van der Waals surface area (Å²) >= 11 is 0. The van der Waals surface area contributed by atoms with Crippen LogP contribution in [0.4, 0.5) is 19.0 Å². The van der Waals surface area contributed by atoms with Crippen LogP contribution < -0.4 is 9.64 Å². The van der Waals surface area contributed by atoms with E-state index >= 15 is 0 Å². The number of halogens is 3. The predicted molar refractivity (Wildman–Crippen MR) is 91.4 cm³/mol. The second-order valence-corrected chi connectivity index (χ2v) is 6.33. The van der Waals surface area contributed by atoms with Gasteiger partial charge in [0.1, 0.15) is 18.7 Å². The Bertz CT molecular complexity index is 928. The molecular weight excluding hydrogens is 361 g/mol. The van der Waals surface area contributed by atoms with Crippen LogP contribution in [0.1, 0.15) is 25.0 Å². The summed E-state index contributed by atoms with van der Waals surface area (Å²) < 4.78 is 44.9. The van der Waals surface area contributed by atoms with Gasteiger partial charge in [0.15, 0.2) is 17.2 Å². The van der Waals surface area contributed by atoms with Crippen molar-refractivity contribution in [1.82, 2.24) is 25.1 Å². The number of piperidine rings is 1. The summed E-state index contributed by atoms with van der Waals surface area (Å²) in [7, 11) is 0. The number of pyridine rings is 1. The van der Waals surface area contributed by atoms with Gasteiger partial charge >= 0.3 is 6.18 Å². The predicted octanol–water partition coefficient (Wildman–Crippen LogP) is 3.20. The molecule has 0 aromatic carbocycles. The molecule has 1 aliphatic heterocycles. The van der Waals surface area contributed by atoms with Crippen LogP contribution >= 0.6 is 0 Å². The van der Waals surface area contributed by atoms with E-state index in [1.807, 2.05) is 0 Å². The quantitative estimate of drug-likeness (QED) is 0.751. The van der Waals surface area contributed by atoms with Gasteiger partial charge in [-0.05, 0) is 31.4 Å². The molecule has 142 valence electrons. The smallest absolute Gasteiger partial charge is 0.437 e. The van der Waals surface area contributed by atoms with Crippen molar-refractivity contribution in [3.63, 3.8) is 0 Å². The number of ether oxygens (including phenoxy) is 1. The Balaban J connectivity index is 1.56. The zero-order valence-electron chi connectivity index (χ0n) is 14.3. The van der Waals surface area contributed by atoms with Crippen molar-refractivity contribution < 1.29 is 17.9 Å². The van der Waals surface area contributed by atoms with Crippen LogP contribution in [0.2, 0.25) is 0 Å². The maximum absolute atomic E-state index is 13.1. The Kier molecular flexibility index (Phi) is 4.54. The first kappa shape index (κ1) is 17.5. The van der Waals surface area contributed by atoms with Crippen molar-refractivity contribution >= 4 is 16.9 Å². The Hall–Kier alpha value is -2.91. The number of aromatic amines is 1. The molecule has 1 aliphatic rings. The van der Waals surface area contributed by atoms with Crippen LogP contribution in [0.25, 0.3) is 11.0 Å². The van der Waals surface area contributed by atoms with Crippen molar-refractivity contribution in [2.75, 3.05) is 18.1 Å². The molecule has 1 saturated heterocycles. The van der Waals surface area contributed by atoms with Crippen molar-refractivity contribution in [3.8, 4) is 5.75 Å². The molecule has 3 aromatic rings. The van der Waals surface area contributed by atoms with Gasteiger partial charge < -0.3 is 9.64 Å². The number of hydrogen-bond donors (Lipinski definition) is 1. The van der Waals surface area contributed by atoms with Gasteiger partial charge in [-0.25, -0.2) is 15.0 Å². The minimum Gasteiger partial charge on any atom is -0.489 e. The summed E-state index contributed by atoms with van der Waals surface area (Å²) in [6.07, 6.45) is 2.40. The Morgan fingerprint density at radius 1 is 1.26 bits per heavy atom. The average Bonchev–Trinajstić information content (AvgIpc) is 3.10. The van der Waals surface area contributed by atoms with Gasteiger partial charge in [-0.15, -0.1) is 0 Å². The molecule has 0 aliphatic carbocycles. The largest absolute Gasteiger partial charge is 0.489 e. The minimum absolute atomic E-state index is 0.105. The molecular formula is C17H17F3N6O. The fourth-order valence-corrected chi connectivity index (χ4v) is 3.33. The molecule has 0 amide bonds. The average molecular weight is 378 g/mol. The first-order chi connectivity index (χ1) is 13.0. The standard InChI is InChI=1S/C17H17F3N6O/c18-17(19,20)14-13(5-3-6-22-14)27-9-11-4-1-2-7-26(11)16-12-8-21-10-23-15(12)24-25-16/h3,5-6,8,10-11H,1-2,4,7,9H2,(H,21,23,24,25). The summed E-state index contributed by atoms with van der Waals surface area (Å²) in [5, 5.41) is 7.98. The van der Waals surface area contributed by atoms with Crippen LogP contribution in [0.5, 0.6) is 5.75 Å². The number of rotatable bonds is 4. The number of fused-ring (bicyclic) bond motifs is 1. The number of hydrogen-bond acceptors (Lipinski definition) is 6. The molecule has 1 N–H and O–H groups in total. The zero-order chi connectivity index (χ0) is 18.9. The van der Waals surface area contributed by atoms with E-state index in [9.17, 15) is 13.2 Å². The number of aromatic nitrogens is 5. The number of alkyl halides is 3. The van der Waals surface area contributed by atoms with Crippen LogP contribution in [0, 0.1) is 0 Å². The van der Waals surface area contributed by atoms with Gasteiger partial charge in [-0.1, -0.05) is 0 Å². The molecule has 7 nitrogen and oxygen atoms in total. The minimum atomic E-state index is -4.56. The number of nitrogens with one attached hydrogen (secondary N) is 1. The molecule has 1 fully saturated rings. The van der Waals surface area contributed by atoms with Crippen molar-refractivity contribution in [3.05, 3.63) is 36.5 Å². The third kappa shape index (κ3) is 3.51. The zero-order valence-corrected chi connectivity index (χ0v) is 14.3. The summed E-state index contributed by atoms with van der Waals surface area (Å²) in [5.74, 6) is 0.437. The molecule has 0 saturated carbocycles. The molecule has 4 heterocycles. The van der Waals surface area contributed by atoms with Gasteiger partial charge in [0, 0.05) is 18.9 Å². The second kappa shape index (κ2) is 7.01. The molecule has 10 heteroatoms. The lowest BCUT2D eigenvalue weighted by atomic mass is 10.0. The van der Waals surface area contributed by atoms with E-state index in [0.29, 0.717) is 11.5 Å². The van der Waals surface area contributed by atoms with E-state index < -0.39 is 11.9 Å². The molecule has 3 aromatic heterocycles. The molecule has 4 rings (SSSR count). The lowest BCUT2D eigenvalue weighted by Gasteiger charge is -2.36. The third-order valence-corrected chi connectivity index (χ3v) is 4.59. The second-order valence-electron chi connectivity index (χ2n) is 6.33. The maximum atomic E-state index is 13.1. The SMILES string of the molecule is FC(F)(F)c1ncccc1OCC1CCCCN1c1n[nH]c2ncncc12. The highest BCUT2D eigenvalue weighted by molar-refractivity contribution is 5.86. The van der Waals surface area contributed by atoms with E-state index in [-0.39, 0.29) is 18.4 Å². The van der Waals surface area contributed by atoms with Crippen molar-refractivity contribution in [1.29, 1.82) is 0 Å². The van der Waals surface area contributed by atoms with Gasteiger partial charge in [0.25, 0.3) is 0 Å². The molecule has 0 radical (unpaired) electrons. The van der Waals surface area contributed by atoms with Gasteiger partial charge in [0.05, 0.1) is 11.4 Å². The summed E-state index contributed by atoms with van der Waals surface area (Å²) in [5.41, 5.74) is -0.386. The van der Waals surface area contributed by atoms with E-state index in [1.54, 1.807) is 6.20 Å². The van der Waals surface area contributed by atoms with E-state index in [1.165, 1.54) is 18.5 Å². The lowest BCUT2D eigenvalue weighted by molar-refractivity contribution is -0.142. The monoisotopic (exact) mass is 378 g/mol. The van der Waals surface area contributed by atoms with Crippen LogP contribution in [-0.4, -0.2) is 44.3 Å². The van der Waals surface area contributed by atoms with Crippen LogP contribution in [0.15, 0.2) is 30.9 Å². The maximum Gasteiger partial charge on any atom is 0.437 e. The number of anilines is 1. The topological polar surface area (TPSA) is 79.8 Å². The number of H-pyrrole nitrogens is 1. The Morgan fingerprint density at radius 3 is 3.00 bits per heavy atom.